The van der Waals surface area contributed by atoms with E-state index in [1.54, 1.807) is 6.07 Å². The van der Waals surface area contributed by atoms with Gasteiger partial charge in [-0.2, -0.15) is 0 Å². The van der Waals surface area contributed by atoms with Crippen LogP contribution in [0.3, 0.4) is 0 Å². The van der Waals surface area contributed by atoms with Gasteiger partial charge in [-0.1, -0.05) is 11.6 Å². The van der Waals surface area contributed by atoms with E-state index in [9.17, 15) is 0 Å². The van der Waals surface area contributed by atoms with E-state index in [0.717, 1.165) is 0 Å². The zero-order chi connectivity index (χ0) is 12.1. The summed E-state index contributed by atoms with van der Waals surface area (Å²) < 4.78 is 15.5. The van der Waals surface area contributed by atoms with Crippen LogP contribution in [-0.2, 0) is 11.4 Å². The topological polar surface area (TPSA) is 62.9 Å². The molecule has 0 aliphatic heterocycles. The Labute approximate surface area is 98.9 Å². The van der Waals surface area contributed by atoms with E-state index < -0.39 is 0 Å². The summed E-state index contributed by atoms with van der Waals surface area (Å²) in [5.41, 5.74) is 0.615. The molecule has 0 amide bonds. The number of ether oxygens (including phenoxy) is 3. The molecule has 5 nitrogen and oxygen atoms in total. The number of nitrogens with two attached hydrogens (primary N) is 1. The highest BCUT2D eigenvalue weighted by Crippen LogP contribution is 2.43. The predicted octanol–water partition coefficient (Wildman–Crippen LogP) is 1.76. The maximum Gasteiger partial charge on any atom is 0.203 e. The van der Waals surface area contributed by atoms with Crippen LogP contribution in [0.4, 0.5) is 0 Å². The van der Waals surface area contributed by atoms with E-state index in [1.165, 1.54) is 21.3 Å². The van der Waals surface area contributed by atoms with Crippen LogP contribution < -0.4 is 20.1 Å². The van der Waals surface area contributed by atoms with Crippen molar-refractivity contribution in [1.29, 1.82) is 0 Å². The molecule has 0 aliphatic rings. The molecule has 0 saturated carbocycles. The average molecular weight is 248 g/mol. The molecule has 1 rings (SSSR count). The van der Waals surface area contributed by atoms with Gasteiger partial charge in [0.1, 0.15) is 0 Å². The van der Waals surface area contributed by atoms with Crippen LogP contribution in [0.2, 0.25) is 5.02 Å². The highest BCUT2D eigenvalue weighted by molar-refractivity contribution is 6.31. The minimum Gasteiger partial charge on any atom is -0.493 e. The normalized spacial score (nSPS) is 10.1. The van der Waals surface area contributed by atoms with Gasteiger partial charge in [0, 0.05) is 11.6 Å². The Hall–Kier alpha value is -1.17. The Kier molecular flexibility index (Phi) is 4.67. The fraction of sp³-hybridized carbons (Fsp3) is 0.400. The largest absolute Gasteiger partial charge is 0.493 e. The Morgan fingerprint density at radius 2 is 1.75 bits per heavy atom. The number of rotatable bonds is 5. The van der Waals surface area contributed by atoms with Crippen LogP contribution >= 0.6 is 11.6 Å². The first-order chi connectivity index (χ1) is 7.69. The van der Waals surface area contributed by atoms with Crippen molar-refractivity contribution >= 4 is 11.6 Å². The zero-order valence-corrected chi connectivity index (χ0v) is 10.1. The maximum atomic E-state index is 6.05. The average Bonchev–Trinajstić information content (AvgIpc) is 2.30. The molecule has 1 aromatic rings. The van der Waals surface area contributed by atoms with E-state index in [4.69, 9.17) is 31.7 Å². The van der Waals surface area contributed by atoms with Crippen molar-refractivity contribution in [3.05, 3.63) is 16.7 Å². The van der Waals surface area contributed by atoms with Crippen molar-refractivity contribution in [1.82, 2.24) is 0 Å². The van der Waals surface area contributed by atoms with Gasteiger partial charge in [0.25, 0.3) is 0 Å². The summed E-state index contributed by atoms with van der Waals surface area (Å²) in [6, 6.07) is 1.62. The van der Waals surface area contributed by atoms with Crippen LogP contribution in [0.15, 0.2) is 6.07 Å². The Morgan fingerprint density at radius 1 is 1.12 bits per heavy atom. The smallest absolute Gasteiger partial charge is 0.203 e. The van der Waals surface area contributed by atoms with Crippen molar-refractivity contribution in [3.8, 4) is 17.2 Å². The van der Waals surface area contributed by atoms with Gasteiger partial charge >= 0.3 is 0 Å². The van der Waals surface area contributed by atoms with E-state index >= 15 is 0 Å². The molecule has 1 aromatic carbocycles. The number of halogens is 1. The molecular formula is C10H14ClNO4. The van der Waals surface area contributed by atoms with Crippen LogP contribution in [0, 0.1) is 0 Å². The highest BCUT2D eigenvalue weighted by atomic mass is 35.5. The standard InChI is InChI=1S/C10H14ClNO4/c1-13-8-4-7(11)6(5-16-12)9(14-2)10(8)15-3/h4H,5,12H2,1-3H3. The molecule has 16 heavy (non-hydrogen) atoms. The van der Waals surface area contributed by atoms with Crippen molar-refractivity contribution in [3.63, 3.8) is 0 Å². The summed E-state index contributed by atoms with van der Waals surface area (Å²) in [5, 5.41) is 0.444. The minimum absolute atomic E-state index is 0.127. The third-order valence-electron chi connectivity index (χ3n) is 2.11. The molecule has 0 fully saturated rings. The summed E-state index contributed by atoms with van der Waals surface area (Å²) >= 11 is 6.05. The van der Waals surface area contributed by atoms with Gasteiger partial charge in [0.05, 0.1) is 33.0 Å². The second-order valence-electron chi connectivity index (χ2n) is 2.92. The van der Waals surface area contributed by atoms with E-state index in [1.807, 2.05) is 0 Å². The fourth-order valence-electron chi connectivity index (χ4n) is 1.40. The first kappa shape index (κ1) is 12.9. The van der Waals surface area contributed by atoms with Crippen molar-refractivity contribution in [2.75, 3.05) is 21.3 Å². The summed E-state index contributed by atoms with van der Waals surface area (Å²) in [7, 11) is 4.54. The molecule has 0 aliphatic carbocycles. The summed E-state index contributed by atoms with van der Waals surface area (Å²) in [5.74, 6) is 6.44. The minimum atomic E-state index is 0.127. The van der Waals surface area contributed by atoms with Gasteiger partial charge < -0.3 is 14.2 Å². The van der Waals surface area contributed by atoms with Gasteiger partial charge in [-0.05, 0) is 0 Å². The van der Waals surface area contributed by atoms with E-state index in [2.05, 4.69) is 4.84 Å². The third-order valence-corrected chi connectivity index (χ3v) is 2.44. The molecule has 0 heterocycles. The maximum absolute atomic E-state index is 6.05. The van der Waals surface area contributed by atoms with Gasteiger partial charge in [0.15, 0.2) is 11.5 Å². The van der Waals surface area contributed by atoms with Gasteiger partial charge in [0.2, 0.25) is 5.75 Å². The van der Waals surface area contributed by atoms with Gasteiger partial charge in [-0.15, -0.1) is 0 Å². The predicted molar refractivity (Wildman–Crippen MR) is 60.1 cm³/mol. The summed E-state index contributed by atoms with van der Waals surface area (Å²) in [4.78, 5) is 4.56. The molecule has 0 unspecified atom stereocenters. The van der Waals surface area contributed by atoms with Crippen molar-refractivity contribution in [2.24, 2.45) is 5.90 Å². The van der Waals surface area contributed by atoms with Gasteiger partial charge in [-0.3, -0.25) is 4.84 Å². The molecule has 2 N–H and O–H groups in total. The van der Waals surface area contributed by atoms with Gasteiger partial charge in [-0.25, -0.2) is 5.90 Å². The Bertz CT molecular complexity index is 370. The monoisotopic (exact) mass is 247 g/mol. The van der Waals surface area contributed by atoms with Crippen LogP contribution in [0.1, 0.15) is 5.56 Å². The van der Waals surface area contributed by atoms with E-state index in [-0.39, 0.29) is 6.61 Å². The molecule has 6 heteroatoms. The first-order valence-electron chi connectivity index (χ1n) is 4.48. The number of methoxy groups -OCH3 is 3. The Balaban J connectivity index is 3.38. The molecule has 0 saturated heterocycles. The van der Waals surface area contributed by atoms with E-state index in [0.29, 0.717) is 27.8 Å². The lowest BCUT2D eigenvalue weighted by Gasteiger charge is -2.16. The molecular weight excluding hydrogens is 234 g/mol. The molecule has 90 valence electrons. The van der Waals surface area contributed by atoms with Crippen LogP contribution in [0.25, 0.3) is 0 Å². The second-order valence-corrected chi connectivity index (χ2v) is 3.32. The Morgan fingerprint density at radius 3 is 2.19 bits per heavy atom. The summed E-state index contributed by atoms with van der Waals surface area (Å²) in [6.45, 7) is 0.127. The lowest BCUT2D eigenvalue weighted by molar-refractivity contribution is 0.121. The zero-order valence-electron chi connectivity index (χ0n) is 9.37. The van der Waals surface area contributed by atoms with Crippen LogP contribution in [0.5, 0.6) is 17.2 Å². The molecule has 0 atom stereocenters. The van der Waals surface area contributed by atoms with Crippen LogP contribution in [-0.4, -0.2) is 21.3 Å². The lowest BCUT2D eigenvalue weighted by Crippen LogP contribution is -2.04. The molecule has 0 aromatic heterocycles. The van der Waals surface area contributed by atoms with Crippen molar-refractivity contribution < 1.29 is 19.0 Å². The highest BCUT2D eigenvalue weighted by Gasteiger charge is 2.19. The second kappa shape index (κ2) is 5.79. The molecule has 0 bridgehead atoms. The first-order valence-corrected chi connectivity index (χ1v) is 4.86. The SMILES string of the molecule is COc1cc(Cl)c(CON)c(OC)c1OC. The number of benzene rings is 1. The number of hydrogen-bond donors (Lipinski definition) is 1. The molecule has 0 spiro atoms. The quantitative estimate of drug-likeness (QED) is 0.804. The number of hydrogen-bond acceptors (Lipinski definition) is 5. The summed E-state index contributed by atoms with van der Waals surface area (Å²) in [6.07, 6.45) is 0. The molecule has 0 radical (unpaired) electrons. The third kappa shape index (κ3) is 2.32. The lowest BCUT2D eigenvalue weighted by atomic mass is 10.1. The van der Waals surface area contributed by atoms with Crippen molar-refractivity contribution in [2.45, 2.75) is 6.61 Å². The fourth-order valence-corrected chi connectivity index (χ4v) is 1.64.